The van der Waals surface area contributed by atoms with Gasteiger partial charge in [0, 0.05) is 45.2 Å². The molecule has 1 aromatic heterocycles. The van der Waals surface area contributed by atoms with Gasteiger partial charge in [-0.25, -0.2) is 0 Å². The van der Waals surface area contributed by atoms with E-state index in [1.165, 1.54) is 13.8 Å². The van der Waals surface area contributed by atoms with Gasteiger partial charge in [-0.15, -0.1) is 0 Å². The highest BCUT2D eigenvalue weighted by atomic mass is 16.2. The molecule has 1 aromatic rings. The van der Waals surface area contributed by atoms with Gasteiger partial charge >= 0.3 is 0 Å². The van der Waals surface area contributed by atoms with E-state index < -0.39 is 17.5 Å². The van der Waals surface area contributed by atoms with Crippen LogP contribution in [0.2, 0.25) is 0 Å². The molecule has 0 aromatic carbocycles. The van der Waals surface area contributed by atoms with Crippen molar-refractivity contribution in [1.29, 1.82) is 0 Å². The average molecular weight is 474 g/mol. The SMILES string of the molecule is CCCC(NC(C)=O)C(=O)NCC1CCN(C(=O)C(NC(C)=O)C(C)(C)C)C1c1cccnc1. The van der Waals surface area contributed by atoms with Crippen molar-refractivity contribution in [2.45, 2.75) is 78.9 Å². The number of pyridine rings is 1. The van der Waals surface area contributed by atoms with E-state index in [0.717, 1.165) is 12.0 Å². The van der Waals surface area contributed by atoms with E-state index in [4.69, 9.17) is 0 Å². The standard InChI is InChI=1S/C25H39N5O4/c1-7-9-20(28-16(2)31)23(33)27-15-19-11-13-30(21(19)18-10-8-12-26-14-18)24(34)22(25(4,5)6)29-17(3)32/h8,10,12,14,19-22H,7,9,11,13,15H2,1-6H3,(H,27,33)(H,28,31)(H,29,32). The monoisotopic (exact) mass is 473 g/mol. The highest BCUT2D eigenvalue weighted by Gasteiger charge is 2.43. The Kier molecular flexibility index (Phi) is 9.58. The normalized spacial score (nSPS) is 19.8. The predicted molar refractivity (Wildman–Crippen MR) is 129 cm³/mol. The van der Waals surface area contributed by atoms with E-state index >= 15 is 0 Å². The number of hydrogen-bond donors (Lipinski definition) is 3. The Hall–Kier alpha value is -2.97. The van der Waals surface area contributed by atoms with Gasteiger partial charge in [0.15, 0.2) is 0 Å². The molecule has 1 fully saturated rings. The fourth-order valence-corrected chi connectivity index (χ4v) is 4.50. The lowest BCUT2D eigenvalue weighted by atomic mass is 9.85. The fourth-order valence-electron chi connectivity index (χ4n) is 4.50. The quantitative estimate of drug-likeness (QED) is 0.506. The van der Waals surface area contributed by atoms with Crippen molar-refractivity contribution in [3.05, 3.63) is 30.1 Å². The van der Waals surface area contributed by atoms with Crippen molar-refractivity contribution in [3.8, 4) is 0 Å². The molecule has 1 saturated heterocycles. The Morgan fingerprint density at radius 3 is 2.35 bits per heavy atom. The minimum atomic E-state index is -0.675. The first-order valence-corrected chi connectivity index (χ1v) is 12.0. The lowest BCUT2D eigenvalue weighted by Crippen LogP contribution is -2.54. The second kappa shape index (κ2) is 11.9. The molecule has 2 rings (SSSR count). The Morgan fingerprint density at radius 2 is 1.82 bits per heavy atom. The number of likely N-dealkylation sites (tertiary alicyclic amines) is 1. The summed E-state index contributed by atoms with van der Waals surface area (Å²) in [6.45, 7) is 11.4. The predicted octanol–water partition coefficient (Wildman–Crippen LogP) is 1.94. The molecule has 9 nitrogen and oxygen atoms in total. The number of rotatable bonds is 9. The number of hydrogen-bond acceptors (Lipinski definition) is 5. The van der Waals surface area contributed by atoms with Crippen LogP contribution >= 0.6 is 0 Å². The molecule has 9 heteroatoms. The summed E-state index contributed by atoms with van der Waals surface area (Å²) < 4.78 is 0. The van der Waals surface area contributed by atoms with Gasteiger partial charge in [0.25, 0.3) is 0 Å². The average Bonchev–Trinajstić information content (AvgIpc) is 3.18. The summed E-state index contributed by atoms with van der Waals surface area (Å²) >= 11 is 0. The van der Waals surface area contributed by atoms with Crippen LogP contribution in [0.15, 0.2) is 24.5 Å². The van der Waals surface area contributed by atoms with E-state index in [2.05, 4.69) is 20.9 Å². The lowest BCUT2D eigenvalue weighted by molar-refractivity contribution is -0.140. The number of nitrogens with zero attached hydrogens (tertiary/aromatic N) is 2. The van der Waals surface area contributed by atoms with Gasteiger partial charge in [-0.05, 0) is 29.9 Å². The van der Waals surface area contributed by atoms with Crippen LogP contribution in [0.1, 0.15) is 72.4 Å². The fraction of sp³-hybridized carbons (Fsp3) is 0.640. The van der Waals surface area contributed by atoms with Crippen molar-refractivity contribution in [3.63, 3.8) is 0 Å². The molecule has 3 N–H and O–H groups in total. The van der Waals surface area contributed by atoms with Gasteiger partial charge in [0.2, 0.25) is 23.6 Å². The second-order valence-corrected chi connectivity index (χ2v) is 10.1. The third-order valence-corrected chi connectivity index (χ3v) is 6.10. The largest absolute Gasteiger partial charge is 0.354 e. The molecule has 0 saturated carbocycles. The van der Waals surface area contributed by atoms with Crippen LogP contribution in [0.4, 0.5) is 0 Å². The Labute approximate surface area is 202 Å². The Bertz CT molecular complexity index is 868. The molecule has 0 radical (unpaired) electrons. The zero-order valence-electron chi connectivity index (χ0n) is 21.2. The van der Waals surface area contributed by atoms with Crippen LogP contribution in [0.5, 0.6) is 0 Å². The summed E-state index contributed by atoms with van der Waals surface area (Å²) in [6, 6.07) is 2.22. The summed E-state index contributed by atoms with van der Waals surface area (Å²) in [6.07, 6.45) is 5.43. The molecule has 0 aliphatic carbocycles. The maximum absolute atomic E-state index is 13.7. The molecule has 34 heavy (non-hydrogen) atoms. The summed E-state index contributed by atoms with van der Waals surface area (Å²) in [5, 5.41) is 8.52. The third-order valence-electron chi connectivity index (χ3n) is 6.10. The first-order valence-electron chi connectivity index (χ1n) is 12.0. The Balaban J connectivity index is 2.25. The molecule has 1 aliphatic heterocycles. The van der Waals surface area contributed by atoms with Crippen LogP contribution in [0.3, 0.4) is 0 Å². The summed E-state index contributed by atoms with van der Waals surface area (Å²) in [5.74, 6) is -0.903. The number of aromatic nitrogens is 1. The summed E-state index contributed by atoms with van der Waals surface area (Å²) in [5.41, 5.74) is 0.412. The molecule has 0 spiro atoms. The van der Waals surface area contributed by atoms with Crippen molar-refractivity contribution in [2.24, 2.45) is 11.3 Å². The maximum atomic E-state index is 13.7. The summed E-state index contributed by atoms with van der Waals surface area (Å²) in [7, 11) is 0. The first-order chi connectivity index (χ1) is 16.0. The topological polar surface area (TPSA) is 121 Å². The van der Waals surface area contributed by atoms with Gasteiger partial charge in [0.1, 0.15) is 12.1 Å². The number of carbonyl (C=O) groups is 4. The molecule has 188 valence electrons. The van der Waals surface area contributed by atoms with Gasteiger partial charge in [-0.1, -0.05) is 40.2 Å². The van der Waals surface area contributed by atoms with Gasteiger partial charge in [-0.2, -0.15) is 0 Å². The highest BCUT2D eigenvalue weighted by molar-refractivity contribution is 5.88. The Morgan fingerprint density at radius 1 is 1.15 bits per heavy atom. The zero-order chi connectivity index (χ0) is 25.5. The zero-order valence-corrected chi connectivity index (χ0v) is 21.2. The lowest BCUT2D eigenvalue weighted by Gasteiger charge is -2.36. The summed E-state index contributed by atoms with van der Waals surface area (Å²) in [4.78, 5) is 55.8. The van der Waals surface area contributed by atoms with Crippen molar-refractivity contribution in [2.75, 3.05) is 13.1 Å². The van der Waals surface area contributed by atoms with Crippen LogP contribution in [0, 0.1) is 11.3 Å². The molecule has 2 heterocycles. The highest BCUT2D eigenvalue weighted by Crippen LogP contribution is 2.38. The molecule has 1 aliphatic rings. The molecular formula is C25H39N5O4. The van der Waals surface area contributed by atoms with Gasteiger partial charge < -0.3 is 20.9 Å². The molecule has 4 unspecified atom stereocenters. The number of nitrogens with one attached hydrogen (secondary N) is 3. The van der Waals surface area contributed by atoms with E-state index in [0.29, 0.717) is 25.9 Å². The molecular weight excluding hydrogens is 434 g/mol. The van der Waals surface area contributed by atoms with Gasteiger partial charge in [0.05, 0.1) is 6.04 Å². The van der Waals surface area contributed by atoms with Gasteiger partial charge in [-0.3, -0.25) is 24.2 Å². The minimum Gasteiger partial charge on any atom is -0.354 e. The number of amides is 4. The van der Waals surface area contributed by atoms with E-state index in [1.54, 1.807) is 17.3 Å². The third kappa shape index (κ3) is 7.27. The second-order valence-electron chi connectivity index (χ2n) is 10.1. The van der Waals surface area contributed by atoms with Crippen LogP contribution in [-0.4, -0.2) is 58.7 Å². The van der Waals surface area contributed by atoms with E-state index in [1.807, 2.05) is 39.8 Å². The van der Waals surface area contributed by atoms with E-state index in [-0.39, 0.29) is 35.6 Å². The van der Waals surface area contributed by atoms with Crippen LogP contribution < -0.4 is 16.0 Å². The maximum Gasteiger partial charge on any atom is 0.246 e. The van der Waals surface area contributed by atoms with Crippen LogP contribution in [-0.2, 0) is 19.2 Å². The minimum absolute atomic E-state index is 0.0327. The van der Waals surface area contributed by atoms with E-state index in [9.17, 15) is 19.2 Å². The van der Waals surface area contributed by atoms with Crippen molar-refractivity contribution >= 4 is 23.6 Å². The molecule has 4 atom stereocenters. The molecule has 0 bridgehead atoms. The first kappa shape index (κ1) is 27.3. The van der Waals surface area contributed by atoms with Crippen LogP contribution in [0.25, 0.3) is 0 Å². The smallest absolute Gasteiger partial charge is 0.246 e. The van der Waals surface area contributed by atoms with Crippen molar-refractivity contribution in [1.82, 2.24) is 25.8 Å². The van der Waals surface area contributed by atoms with Crippen molar-refractivity contribution < 1.29 is 19.2 Å². The number of carbonyl (C=O) groups excluding carboxylic acids is 4. The molecule has 4 amide bonds.